The Kier molecular flexibility index (Phi) is 4.03. The number of aliphatic hydroxyl groups excluding tert-OH is 2. The first kappa shape index (κ1) is 12.0. The van der Waals surface area contributed by atoms with Crippen molar-refractivity contribution in [2.75, 3.05) is 13.2 Å². The summed E-state index contributed by atoms with van der Waals surface area (Å²) in [5, 5.41) is 22.0. The Morgan fingerprint density at radius 2 is 2.00 bits per heavy atom. The molecule has 0 aliphatic carbocycles. The van der Waals surface area contributed by atoms with Crippen LogP contribution in [0.5, 0.6) is 0 Å². The van der Waals surface area contributed by atoms with Gasteiger partial charge in [-0.2, -0.15) is 0 Å². The van der Waals surface area contributed by atoms with Crippen molar-refractivity contribution in [1.29, 1.82) is 0 Å². The second-order valence-electron chi connectivity index (χ2n) is 3.96. The third-order valence-corrected chi connectivity index (χ3v) is 2.55. The van der Waals surface area contributed by atoms with E-state index in [0.29, 0.717) is 13.1 Å². The molecule has 2 aromatic rings. The number of nitrogens with zero attached hydrogens (tertiary/aromatic N) is 1. The van der Waals surface area contributed by atoms with E-state index in [2.05, 4.69) is 10.3 Å². The van der Waals surface area contributed by atoms with Crippen LogP contribution in [0.3, 0.4) is 0 Å². The maximum absolute atomic E-state index is 9.17. The molecule has 0 radical (unpaired) electrons. The molecule has 0 aliphatic rings. The van der Waals surface area contributed by atoms with Crippen LogP contribution >= 0.6 is 0 Å². The van der Waals surface area contributed by atoms with Gasteiger partial charge in [0.25, 0.3) is 0 Å². The summed E-state index contributed by atoms with van der Waals surface area (Å²) in [7, 11) is 0. The zero-order valence-electron chi connectivity index (χ0n) is 9.50. The van der Waals surface area contributed by atoms with E-state index in [4.69, 9.17) is 5.11 Å². The number of rotatable bonds is 5. The van der Waals surface area contributed by atoms with Crippen LogP contribution in [0.2, 0.25) is 0 Å². The molecular formula is C13H16N2O2. The Balaban J connectivity index is 1.99. The molecule has 0 saturated carbocycles. The number of hydrogen-bond donors (Lipinski definition) is 3. The summed E-state index contributed by atoms with van der Waals surface area (Å²) in [6.45, 7) is 0.727. The molecule has 3 N–H and O–H groups in total. The second kappa shape index (κ2) is 5.72. The van der Waals surface area contributed by atoms with Gasteiger partial charge in [0.05, 0.1) is 23.9 Å². The fraction of sp³-hybridized carbons (Fsp3) is 0.308. The van der Waals surface area contributed by atoms with Gasteiger partial charge in [0.1, 0.15) is 0 Å². The van der Waals surface area contributed by atoms with Crippen molar-refractivity contribution < 1.29 is 10.2 Å². The number of benzene rings is 1. The maximum atomic E-state index is 9.17. The van der Waals surface area contributed by atoms with Gasteiger partial charge >= 0.3 is 0 Å². The van der Waals surface area contributed by atoms with Crippen LogP contribution < -0.4 is 5.32 Å². The van der Waals surface area contributed by atoms with Gasteiger partial charge in [-0.05, 0) is 12.1 Å². The molecular weight excluding hydrogens is 216 g/mol. The van der Waals surface area contributed by atoms with Crippen LogP contribution in [-0.4, -0.2) is 34.5 Å². The fourth-order valence-electron chi connectivity index (χ4n) is 1.64. The van der Waals surface area contributed by atoms with E-state index in [1.807, 2.05) is 36.4 Å². The molecule has 1 unspecified atom stereocenters. The molecule has 0 spiro atoms. The van der Waals surface area contributed by atoms with Crippen molar-refractivity contribution in [1.82, 2.24) is 10.3 Å². The number of aliphatic hydroxyl groups is 2. The smallest absolute Gasteiger partial charge is 0.0895 e. The first-order valence-electron chi connectivity index (χ1n) is 5.64. The van der Waals surface area contributed by atoms with Crippen molar-refractivity contribution in [3.63, 3.8) is 0 Å². The van der Waals surface area contributed by atoms with E-state index in [9.17, 15) is 5.11 Å². The average Bonchev–Trinajstić information content (AvgIpc) is 2.38. The summed E-state index contributed by atoms with van der Waals surface area (Å²) in [5.41, 5.74) is 1.89. The third-order valence-electron chi connectivity index (χ3n) is 2.55. The van der Waals surface area contributed by atoms with Crippen LogP contribution in [0.4, 0.5) is 0 Å². The Morgan fingerprint density at radius 1 is 1.18 bits per heavy atom. The van der Waals surface area contributed by atoms with Gasteiger partial charge in [0.2, 0.25) is 0 Å². The molecule has 90 valence electrons. The fourth-order valence-corrected chi connectivity index (χ4v) is 1.64. The van der Waals surface area contributed by atoms with E-state index < -0.39 is 6.10 Å². The summed E-state index contributed by atoms with van der Waals surface area (Å²) in [5.74, 6) is 0. The summed E-state index contributed by atoms with van der Waals surface area (Å²) in [6, 6.07) is 11.9. The third kappa shape index (κ3) is 3.23. The molecule has 0 saturated heterocycles. The van der Waals surface area contributed by atoms with Gasteiger partial charge < -0.3 is 15.5 Å². The highest BCUT2D eigenvalue weighted by Crippen LogP contribution is 2.11. The molecule has 0 fully saturated rings. The first-order chi connectivity index (χ1) is 8.29. The summed E-state index contributed by atoms with van der Waals surface area (Å²) < 4.78 is 0. The number of fused-ring (bicyclic) bond motifs is 1. The van der Waals surface area contributed by atoms with E-state index in [0.717, 1.165) is 16.6 Å². The number of aromatic nitrogens is 1. The van der Waals surface area contributed by atoms with Gasteiger partial charge in [0.15, 0.2) is 0 Å². The number of hydrogen-bond acceptors (Lipinski definition) is 4. The van der Waals surface area contributed by atoms with Crippen molar-refractivity contribution in [2.45, 2.75) is 12.6 Å². The Labute approximate surface area is 99.9 Å². The van der Waals surface area contributed by atoms with E-state index in [1.165, 1.54) is 0 Å². The Hall–Kier alpha value is -1.49. The lowest BCUT2D eigenvalue weighted by atomic mass is 10.2. The normalized spacial score (nSPS) is 12.8. The van der Waals surface area contributed by atoms with Crippen molar-refractivity contribution in [3.8, 4) is 0 Å². The van der Waals surface area contributed by atoms with E-state index in [-0.39, 0.29) is 6.61 Å². The quantitative estimate of drug-likeness (QED) is 0.709. The standard InChI is InChI=1S/C13H16N2O2/c16-9-12(17)8-14-7-11-6-5-10-3-1-2-4-13(10)15-11/h1-6,12,14,16-17H,7-9H2. The zero-order valence-corrected chi connectivity index (χ0v) is 9.50. The topological polar surface area (TPSA) is 65.4 Å². The predicted octanol–water partition coefficient (Wildman–Crippen LogP) is 0.678. The average molecular weight is 232 g/mol. The molecule has 2 rings (SSSR count). The van der Waals surface area contributed by atoms with E-state index in [1.54, 1.807) is 0 Å². The lowest BCUT2D eigenvalue weighted by molar-refractivity contribution is 0.0941. The van der Waals surface area contributed by atoms with E-state index >= 15 is 0 Å². The molecule has 1 aromatic carbocycles. The molecule has 4 heteroatoms. The van der Waals surface area contributed by atoms with Gasteiger partial charge in [-0.3, -0.25) is 4.98 Å². The van der Waals surface area contributed by atoms with Gasteiger partial charge in [-0.1, -0.05) is 24.3 Å². The molecule has 1 heterocycles. The number of para-hydroxylation sites is 1. The van der Waals surface area contributed by atoms with Crippen molar-refractivity contribution in [2.24, 2.45) is 0 Å². The van der Waals surface area contributed by atoms with Gasteiger partial charge in [-0.25, -0.2) is 0 Å². The second-order valence-corrected chi connectivity index (χ2v) is 3.96. The largest absolute Gasteiger partial charge is 0.394 e. The molecule has 1 aromatic heterocycles. The summed E-state index contributed by atoms with van der Waals surface area (Å²) in [4.78, 5) is 4.49. The maximum Gasteiger partial charge on any atom is 0.0895 e. The van der Waals surface area contributed by atoms with Crippen LogP contribution in [0.25, 0.3) is 10.9 Å². The highest BCUT2D eigenvalue weighted by Gasteiger charge is 2.02. The molecule has 0 amide bonds. The Bertz CT molecular complexity index is 488. The number of nitrogens with one attached hydrogen (secondary N) is 1. The lowest BCUT2D eigenvalue weighted by Crippen LogP contribution is -2.29. The monoisotopic (exact) mass is 232 g/mol. The zero-order chi connectivity index (χ0) is 12.1. The molecule has 0 bridgehead atoms. The highest BCUT2D eigenvalue weighted by atomic mass is 16.3. The summed E-state index contributed by atoms with van der Waals surface area (Å²) in [6.07, 6.45) is -0.713. The van der Waals surface area contributed by atoms with Crippen LogP contribution in [0, 0.1) is 0 Å². The molecule has 0 aliphatic heterocycles. The van der Waals surface area contributed by atoms with Crippen LogP contribution in [0.15, 0.2) is 36.4 Å². The van der Waals surface area contributed by atoms with Crippen LogP contribution in [-0.2, 0) is 6.54 Å². The lowest BCUT2D eigenvalue weighted by Gasteiger charge is -2.08. The highest BCUT2D eigenvalue weighted by molar-refractivity contribution is 5.78. The van der Waals surface area contributed by atoms with Gasteiger partial charge in [-0.15, -0.1) is 0 Å². The summed E-state index contributed by atoms with van der Waals surface area (Å²) >= 11 is 0. The van der Waals surface area contributed by atoms with Crippen LogP contribution in [0.1, 0.15) is 5.69 Å². The minimum atomic E-state index is -0.713. The number of pyridine rings is 1. The molecule has 17 heavy (non-hydrogen) atoms. The Morgan fingerprint density at radius 3 is 2.82 bits per heavy atom. The SMILES string of the molecule is OCC(O)CNCc1ccc2ccccc2n1. The molecule has 1 atom stereocenters. The first-order valence-corrected chi connectivity index (χ1v) is 5.64. The van der Waals surface area contributed by atoms with Crippen molar-refractivity contribution in [3.05, 3.63) is 42.1 Å². The minimum Gasteiger partial charge on any atom is -0.394 e. The van der Waals surface area contributed by atoms with Crippen molar-refractivity contribution >= 4 is 10.9 Å². The van der Waals surface area contributed by atoms with Gasteiger partial charge in [0, 0.05) is 18.5 Å². The molecule has 4 nitrogen and oxygen atoms in total. The minimum absolute atomic E-state index is 0.224. The predicted molar refractivity (Wildman–Crippen MR) is 66.5 cm³/mol.